The van der Waals surface area contributed by atoms with Crippen LogP contribution in [0.4, 0.5) is 11.5 Å². The van der Waals surface area contributed by atoms with Crippen LogP contribution in [0.2, 0.25) is 0 Å². The quantitative estimate of drug-likeness (QED) is 0.597. The summed E-state index contributed by atoms with van der Waals surface area (Å²) in [6, 6.07) is 13.3. The first-order valence-electron chi connectivity index (χ1n) is 11.2. The van der Waals surface area contributed by atoms with E-state index in [1.165, 1.54) is 6.42 Å². The van der Waals surface area contributed by atoms with Crippen LogP contribution in [0, 0.1) is 5.92 Å². The predicted octanol–water partition coefficient (Wildman–Crippen LogP) is 4.79. The smallest absolute Gasteiger partial charge is 0.231 e. The van der Waals surface area contributed by atoms with Gasteiger partial charge in [-0.15, -0.1) is 37.2 Å². The Balaban J connectivity index is 0.00000181. The Morgan fingerprint density at radius 2 is 1.61 bits per heavy atom. The molecular formula is C24H35Cl3N4O2. The average molecular weight is 518 g/mol. The van der Waals surface area contributed by atoms with Crippen LogP contribution in [0.1, 0.15) is 32.1 Å². The van der Waals surface area contributed by atoms with Crippen LogP contribution >= 0.6 is 37.2 Å². The maximum atomic E-state index is 13.3. The summed E-state index contributed by atoms with van der Waals surface area (Å²) in [5, 5.41) is 10.1. The molecule has 0 unspecified atom stereocenters. The summed E-state index contributed by atoms with van der Waals surface area (Å²) in [6.45, 7) is 5.09. The van der Waals surface area contributed by atoms with Crippen LogP contribution in [0.5, 0.6) is 5.75 Å². The normalized spacial score (nSPS) is 16.7. The molecule has 1 aromatic carbocycles. The van der Waals surface area contributed by atoms with Gasteiger partial charge in [0, 0.05) is 51.4 Å². The molecule has 184 valence electrons. The fraction of sp³-hybridized carbons (Fsp3) is 0.500. The SMILES string of the molecule is Cl.Cl.Cl.O=C(C1CCCCC1)N(CCN1CCN(c2ccccc2O)CC1)c1ccccn1. The Morgan fingerprint density at radius 3 is 2.24 bits per heavy atom. The Labute approximate surface area is 215 Å². The molecule has 33 heavy (non-hydrogen) atoms. The zero-order valence-electron chi connectivity index (χ0n) is 18.8. The van der Waals surface area contributed by atoms with E-state index >= 15 is 0 Å². The third-order valence-electron chi connectivity index (χ3n) is 6.38. The van der Waals surface area contributed by atoms with Gasteiger partial charge < -0.3 is 10.0 Å². The van der Waals surface area contributed by atoms with Crippen molar-refractivity contribution in [3.8, 4) is 5.75 Å². The highest BCUT2D eigenvalue weighted by atomic mass is 35.5. The van der Waals surface area contributed by atoms with E-state index in [1.807, 2.05) is 41.3 Å². The van der Waals surface area contributed by atoms with Crippen molar-refractivity contribution in [2.24, 2.45) is 5.92 Å². The Kier molecular flexibility index (Phi) is 12.9. The van der Waals surface area contributed by atoms with E-state index in [0.717, 1.165) is 69.9 Å². The summed E-state index contributed by atoms with van der Waals surface area (Å²) >= 11 is 0. The number of piperazine rings is 1. The van der Waals surface area contributed by atoms with Crippen molar-refractivity contribution in [1.82, 2.24) is 9.88 Å². The molecule has 1 aliphatic carbocycles. The van der Waals surface area contributed by atoms with Gasteiger partial charge in [-0.25, -0.2) is 4.98 Å². The van der Waals surface area contributed by atoms with E-state index in [9.17, 15) is 9.90 Å². The number of aromatic hydroxyl groups is 1. The molecule has 2 fully saturated rings. The van der Waals surface area contributed by atoms with Gasteiger partial charge in [0.05, 0.1) is 5.69 Å². The molecule has 1 aliphatic heterocycles. The summed E-state index contributed by atoms with van der Waals surface area (Å²) in [6.07, 6.45) is 7.32. The molecule has 0 atom stereocenters. The molecule has 1 saturated carbocycles. The number of para-hydroxylation sites is 2. The molecule has 2 aliphatic rings. The number of amides is 1. The Morgan fingerprint density at radius 1 is 0.939 bits per heavy atom. The lowest BCUT2D eigenvalue weighted by atomic mass is 9.88. The molecular weight excluding hydrogens is 483 g/mol. The van der Waals surface area contributed by atoms with Crippen molar-refractivity contribution in [3.63, 3.8) is 0 Å². The number of anilines is 2. The largest absolute Gasteiger partial charge is 0.506 e. The number of hydrogen-bond acceptors (Lipinski definition) is 5. The standard InChI is InChI=1S/C24H32N4O2.3ClH/c29-22-11-5-4-10-21(22)27-17-14-26(15-18-27)16-19-28(23-12-6-7-13-25-23)24(30)20-8-2-1-3-9-20;;;/h4-7,10-13,20,29H,1-3,8-9,14-19H2;3*1H. The Bertz CT molecular complexity index is 829. The summed E-state index contributed by atoms with van der Waals surface area (Å²) in [5.41, 5.74) is 0.903. The van der Waals surface area contributed by atoms with E-state index in [1.54, 1.807) is 12.3 Å². The van der Waals surface area contributed by atoms with E-state index in [2.05, 4.69) is 14.8 Å². The number of rotatable bonds is 6. The number of nitrogens with zero attached hydrogens (tertiary/aromatic N) is 4. The van der Waals surface area contributed by atoms with Gasteiger partial charge in [-0.3, -0.25) is 14.6 Å². The topological polar surface area (TPSA) is 59.9 Å². The molecule has 2 aromatic rings. The Hall–Kier alpha value is -1.73. The molecule has 6 nitrogen and oxygen atoms in total. The minimum Gasteiger partial charge on any atom is -0.506 e. The van der Waals surface area contributed by atoms with Crippen molar-refractivity contribution in [2.45, 2.75) is 32.1 Å². The molecule has 1 saturated heterocycles. The minimum absolute atomic E-state index is 0. The van der Waals surface area contributed by atoms with Crippen LogP contribution in [0.3, 0.4) is 0 Å². The molecule has 1 N–H and O–H groups in total. The lowest BCUT2D eigenvalue weighted by molar-refractivity contribution is -0.123. The number of carbonyl (C=O) groups excluding carboxylic acids is 1. The molecule has 1 aromatic heterocycles. The molecule has 0 spiro atoms. The van der Waals surface area contributed by atoms with Crippen molar-refractivity contribution in [2.75, 3.05) is 49.1 Å². The third-order valence-corrected chi connectivity index (χ3v) is 6.38. The van der Waals surface area contributed by atoms with Gasteiger partial charge in [0.15, 0.2) is 0 Å². The molecule has 4 rings (SSSR count). The van der Waals surface area contributed by atoms with Crippen molar-refractivity contribution < 1.29 is 9.90 Å². The third kappa shape index (κ3) is 7.64. The average Bonchev–Trinajstić information content (AvgIpc) is 2.81. The number of hydrogen-bond donors (Lipinski definition) is 1. The first-order valence-corrected chi connectivity index (χ1v) is 11.2. The molecule has 0 bridgehead atoms. The number of halogens is 3. The van der Waals surface area contributed by atoms with E-state index in [-0.39, 0.29) is 49.0 Å². The second-order valence-corrected chi connectivity index (χ2v) is 8.33. The number of pyridine rings is 1. The molecule has 9 heteroatoms. The van der Waals surface area contributed by atoms with Crippen LogP contribution in [0.25, 0.3) is 0 Å². The number of aromatic nitrogens is 1. The van der Waals surface area contributed by atoms with Gasteiger partial charge in [-0.05, 0) is 37.1 Å². The van der Waals surface area contributed by atoms with Crippen molar-refractivity contribution in [3.05, 3.63) is 48.7 Å². The van der Waals surface area contributed by atoms with Crippen LogP contribution in [-0.2, 0) is 4.79 Å². The van der Waals surface area contributed by atoms with Gasteiger partial charge in [0.2, 0.25) is 5.91 Å². The van der Waals surface area contributed by atoms with Gasteiger partial charge in [0.1, 0.15) is 11.6 Å². The van der Waals surface area contributed by atoms with Crippen LogP contribution in [0.15, 0.2) is 48.7 Å². The number of phenols is 1. The van der Waals surface area contributed by atoms with E-state index < -0.39 is 0 Å². The highest BCUT2D eigenvalue weighted by molar-refractivity contribution is 5.94. The highest BCUT2D eigenvalue weighted by Crippen LogP contribution is 2.28. The van der Waals surface area contributed by atoms with Gasteiger partial charge in [0.25, 0.3) is 0 Å². The van der Waals surface area contributed by atoms with E-state index in [4.69, 9.17) is 0 Å². The minimum atomic E-state index is 0. The maximum absolute atomic E-state index is 13.3. The summed E-state index contributed by atoms with van der Waals surface area (Å²) < 4.78 is 0. The molecule has 0 radical (unpaired) electrons. The maximum Gasteiger partial charge on any atom is 0.231 e. The fourth-order valence-electron chi connectivity index (χ4n) is 4.61. The van der Waals surface area contributed by atoms with Gasteiger partial charge in [-0.1, -0.05) is 37.5 Å². The first-order chi connectivity index (χ1) is 14.7. The second-order valence-electron chi connectivity index (χ2n) is 8.33. The first kappa shape index (κ1) is 29.3. The zero-order chi connectivity index (χ0) is 20.8. The number of carbonyl (C=O) groups is 1. The lowest BCUT2D eigenvalue weighted by Gasteiger charge is -2.37. The van der Waals surface area contributed by atoms with Crippen molar-refractivity contribution >= 4 is 54.6 Å². The monoisotopic (exact) mass is 516 g/mol. The second kappa shape index (κ2) is 14.5. The highest BCUT2D eigenvalue weighted by Gasteiger charge is 2.28. The molecule has 2 heterocycles. The fourth-order valence-corrected chi connectivity index (χ4v) is 4.61. The predicted molar refractivity (Wildman–Crippen MR) is 142 cm³/mol. The van der Waals surface area contributed by atoms with Crippen LogP contribution in [-0.4, -0.2) is 60.2 Å². The van der Waals surface area contributed by atoms with Gasteiger partial charge in [-0.2, -0.15) is 0 Å². The van der Waals surface area contributed by atoms with Gasteiger partial charge >= 0.3 is 0 Å². The zero-order valence-corrected chi connectivity index (χ0v) is 21.3. The summed E-state index contributed by atoms with van der Waals surface area (Å²) in [5.74, 6) is 1.48. The summed E-state index contributed by atoms with van der Waals surface area (Å²) in [7, 11) is 0. The van der Waals surface area contributed by atoms with Crippen LogP contribution < -0.4 is 9.80 Å². The molecule has 1 amide bonds. The number of phenolic OH excluding ortho intramolecular Hbond substituents is 1. The number of benzene rings is 1. The lowest BCUT2D eigenvalue weighted by Crippen LogP contribution is -2.49. The summed E-state index contributed by atoms with van der Waals surface area (Å²) in [4.78, 5) is 24.3. The van der Waals surface area contributed by atoms with Crippen molar-refractivity contribution in [1.29, 1.82) is 0 Å². The van der Waals surface area contributed by atoms with E-state index in [0.29, 0.717) is 12.3 Å².